The van der Waals surface area contributed by atoms with Crippen LogP contribution in [-0.4, -0.2) is 33.1 Å². The molecular weight excluding hydrogens is 230 g/mol. The molecule has 1 aliphatic rings. The van der Waals surface area contributed by atoms with Gasteiger partial charge in [0.15, 0.2) is 0 Å². The zero-order valence-electron chi connectivity index (χ0n) is 10.8. The summed E-state index contributed by atoms with van der Waals surface area (Å²) in [5.41, 5.74) is 0.176. The van der Waals surface area contributed by atoms with Crippen LogP contribution in [0.2, 0.25) is 0 Å². The monoisotopic (exact) mass is 249 g/mol. The van der Waals surface area contributed by atoms with Crippen LogP contribution >= 0.6 is 0 Å². The maximum atomic E-state index is 12.4. The van der Waals surface area contributed by atoms with E-state index in [9.17, 15) is 15.0 Å². The van der Waals surface area contributed by atoms with E-state index in [0.717, 1.165) is 19.3 Å². The first-order valence-corrected chi connectivity index (χ1v) is 6.35. The van der Waals surface area contributed by atoms with Crippen LogP contribution in [0, 0.1) is 0 Å². The highest BCUT2D eigenvalue weighted by Gasteiger charge is 2.30. The summed E-state index contributed by atoms with van der Waals surface area (Å²) < 4.78 is 0. The second kappa shape index (κ2) is 4.88. The van der Waals surface area contributed by atoms with Crippen molar-refractivity contribution in [2.24, 2.45) is 0 Å². The zero-order valence-corrected chi connectivity index (χ0v) is 10.8. The number of phenolic OH excluding ortho intramolecular Hbond substituents is 2. The Bertz CT molecular complexity index is 448. The molecule has 2 N–H and O–H groups in total. The number of amides is 1. The largest absolute Gasteiger partial charge is 0.508 e. The van der Waals surface area contributed by atoms with Crippen LogP contribution < -0.4 is 0 Å². The number of benzene rings is 1. The number of nitrogens with zero attached hydrogens (tertiary/aromatic N) is 1. The van der Waals surface area contributed by atoms with Crippen LogP contribution in [0.1, 0.15) is 43.5 Å². The SMILES string of the molecule is CC1CCCC(C)N1C(=O)c1cc(O)ccc1O. The second-order valence-corrected chi connectivity index (χ2v) is 5.04. The van der Waals surface area contributed by atoms with Gasteiger partial charge >= 0.3 is 0 Å². The highest BCUT2D eigenvalue weighted by atomic mass is 16.3. The number of carbonyl (C=O) groups excluding carboxylic acids is 1. The Kier molecular flexibility index (Phi) is 3.45. The first-order valence-electron chi connectivity index (χ1n) is 6.35. The predicted molar refractivity (Wildman–Crippen MR) is 68.7 cm³/mol. The summed E-state index contributed by atoms with van der Waals surface area (Å²) in [6, 6.07) is 4.38. The molecule has 0 aliphatic carbocycles. The lowest BCUT2D eigenvalue weighted by atomic mass is 9.96. The molecule has 1 saturated heterocycles. The summed E-state index contributed by atoms with van der Waals surface area (Å²) in [6.07, 6.45) is 3.09. The van der Waals surface area contributed by atoms with E-state index < -0.39 is 0 Å². The number of hydrogen-bond donors (Lipinski definition) is 2. The van der Waals surface area contributed by atoms with Gasteiger partial charge in [-0.15, -0.1) is 0 Å². The van der Waals surface area contributed by atoms with E-state index in [4.69, 9.17) is 0 Å². The van der Waals surface area contributed by atoms with Crippen molar-refractivity contribution in [1.82, 2.24) is 4.90 Å². The van der Waals surface area contributed by atoms with Crippen molar-refractivity contribution in [2.45, 2.75) is 45.2 Å². The molecule has 1 aromatic carbocycles. The van der Waals surface area contributed by atoms with Crippen LogP contribution in [0.15, 0.2) is 18.2 Å². The average molecular weight is 249 g/mol. The first-order chi connectivity index (χ1) is 8.50. The van der Waals surface area contributed by atoms with Crippen molar-refractivity contribution in [3.8, 4) is 11.5 Å². The van der Waals surface area contributed by atoms with E-state index in [-0.39, 0.29) is 35.1 Å². The second-order valence-electron chi connectivity index (χ2n) is 5.04. The van der Waals surface area contributed by atoms with Crippen molar-refractivity contribution in [3.05, 3.63) is 23.8 Å². The first kappa shape index (κ1) is 12.7. The van der Waals surface area contributed by atoms with Gasteiger partial charge in [-0.1, -0.05) is 0 Å². The van der Waals surface area contributed by atoms with Gasteiger partial charge in [0.05, 0.1) is 5.56 Å². The number of carbonyl (C=O) groups is 1. The molecule has 1 fully saturated rings. The van der Waals surface area contributed by atoms with Crippen molar-refractivity contribution in [1.29, 1.82) is 0 Å². The summed E-state index contributed by atoms with van der Waals surface area (Å²) in [4.78, 5) is 14.3. The topological polar surface area (TPSA) is 60.8 Å². The Morgan fingerprint density at radius 1 is 1.22 bits per heavy atom. The van der Waals surface area contributed by atoms with Gasteiger partial charge in [0.1, 0.15) is 11.5 Å². The number of likely N-dealkylation sites (tertiary alicyclic amines) is 1. The van der Waals surface area contributed by atoms with E-state index in [2.05, 4.69) is 0 Å². The zero-order chi connectivity index (χ0) is 13.3. The molecule has 4 heteroatoms. The van der Waals surface area contributed by atoms with Gasteiger partial charge in [-0.05, 0) is 51.3 Å². The molecular formula is C14H19NO3. The molecule has 1 aliphatic heterocycles. The average Bonchev–Trinajstić information content (AvgIpc) is 2.32. The highest BCUT2D eigenvalue weighted by Crippen LogP contribution is 2.29. The van der Waals surface area contributed by atoms with Crippen LogP contribution in [-0.2, 0) is 0 Å². The highest BCUT2D eigenvalue weighted by molar-refractivity contribution is 5.97. The number of aromatic hydroxyl groups is 2. The van der Waals surface area contributed by atoms with E-state index >= 15 is 0 Å². The fraction of sp³-hybridized carbons (Fsp3) is 0.500. The normalized spacial score (nSPS) is 24.0. The molecule has 4 nitrogen and oxygen atoms in total. The third kappa shape index (κ3) is 2.28. The smallest absolute Gasteiger partial charge is 0.258 e. The number of hydrogen-bond acceptors (Lipinski definition) is 3. The van der Waals surface area contributed by atoms with Crippen LogP contribution in [0.25, 0.3) is 0 Å². The minimum Gasteiger partial charge on any atom is -0.508 e. The molecule has 1 aromatic rings. The minimum absolute atomic E-state index is 0.00605. The molecule has 0 aromatic heterocycles. The van der Waals surface area contributed by atoms with Crippen molar-refractivity contribution in [2.75, 3.05) is 0 Å². The lowest BCUT2D eigenvalue weighted by Crippen LogP contribution is -2.47. The van der Waals surface area contributed by atoms with Crippen molar-refractivity contribution >= 4 is 5.91 Å². The van der Waals surface area contributed by atoms with Gasteiger partial charge in [0.25, 0.3) is 5.91 Å². The maximum absolute atomic E-state index is 12.4. The number of phenols is 2. The molecule has 0 spiro atoms. The van der Waals surface area contributed by atoms with Gasteiger partial charge in [-0.2, -0.15) is 0 Å². The molecule has 1 amide bonds. The maximum Gasteiger partial charge on any atom is 0.258 e. The molecule has 2 unspecified atom stereocenters. The fourth-order valence-electron chi connectivity index (χ4n) is 2.66. The van der Waals surface area contributed by atoms with E-state index in [1.807, 2.05) is 13.8 Å². The third-order valence-corrected chi connectivity index (χ3v) is 3.64. The predicted octanol–water partition coefficient (Wildman–Crippen LogP) is 2.50. The van der Waals surface area contributed by atoms with Crippen LogP contribution in [0.3, 0.4) is 0 Å². The molecule has 0 saturated carbocycles. The van der Waals surface area contributed by atoms with E-state index in [1.165, 1.54) is 18.2 Å². The minimum atomic E-state index is -0.205. The molecule has 1 heterocycles. The van der Waals surface area contributed by atoms with Gasteiger partial charge < -0.3 is 15.1 Å². The van der Waals surface area contributed by atoms with Crippen LogP contribution in [0.4, 0.5) is 0 Å². The molecule has 0 bridgehead atoms. The van der Waals surface area contributed by atoms with Gasteiger partial charge in [0, 0.05) is 12.1 Å². The Balaban J connectivity index is 2.32. The molecule has 2 rings (SSSR count). The Morgan fingerprint density at radius 3 is 2.44 bits per heavy atom. The van der Waals surface area contributed by atoms with Crippen molar-refractivity contribution in [3.63, 3.8) is 0 Å². The molecule has 18 heavy (non-hydrogen) atoms. The molecule has 2 atom stereocenters. The molecule has 98 valence electrons. The summed E-state index contributed by atoms with van der Waals surface area (Å²) in [7, 11) is 0. The Labute approximate surface area is 107 Å². The van der Waals surface area contributed by atoms with Gasteiger partial charge in [0.2, 0.25) is 0 Å². The summed E-state index contributed by atoms with van der Waals surface area (Å²) >= 11 is 0. The molecule has 0 radical (unpaired) electrons. The van der Waals surface area contributed by atoms with E-state index in [0.29, 0.717) is 0 Å². The summed E-state index contributed by atoms with van der Waals surface area (Å²) in [5, 5.41) is 19.2. The standard InChI is InChI=1S/C14H19NO3/c1-9-4-3-5-10(2)15(9)14(18)12-8-11(16)6-7-13(12)17/h6-10,16-17H,3-5H2,1-2H3. The van der Waals surface area contributed by atoms with E-state index in [1.54, 1.807) is 4.90 Å². The number of piperidine rings is 1. The number of rotatable bonds is 1. The fourth-order valence-corrected chi connectivity index (χ4v) is 2.66. The lowest BCUT2D eigenvalue weighted by molar-refractivity contribution is 0.0507. The van der Waals surface area contributed by atoms with Crippen LogP contribution in [0.5, 0.6) is 11.5 Å². The summed E-state index contributed by atoms with van der Waals surface area (Å²) in [5.74, 6) is -0.292. The third-order valence-electron chi connectivity index (χ3n) is 3.64. The van der Waals surface area contributed by atoms with Crippen molar-refractivity contribution < 1.29 is 15.0 Å². The quantitative estimate of drug-likeness (QED) is 0.752. The van der Waals surface area contributed by atoms with Gasteiger partial charge in [-0.3, -0.25) is 4.79 Å². The van der Waals surface area contributed by atoms with Gasteiger partial charge in [-0.25, -0.2) is 0 Å². The summed E-state index contributed by atoms with van der Waals surface area (Å²) in [6.45, 7) is 4.04. The Hall–Kier alpha value is -1.71. The lowest BCUT2D eigenvalue weighted by Gasteiger charge is -2.39. The Morgan fingerprint density at radius 2 is 1.83 bits per heavy atom.